The summed E-state index contributed by atoms with van der Waals surface area (Å²) < 4.78 is 33.3. The Morgan fingerprint density at radius 1 is 1.19 bits per heavy atom. The Bertz CT molecular complexity index is 470. The standard InChI is InChI=1S/C17H24F2O2/c1-12(2)11-21-16-10-9-15(18)14(17(16)19)8-6-4-5-7-13(3)20/h9-10,12H,4-8,11H2,1-3H3. The Morgan fingerprint density at radius 3 is 2.52 bits per heavy atom. The first-order chi connectivity index (χ1) is 9.91. The maximum Gasteiger partial charge on any atom is 0.171 e. The molecule has 0 saturated heterocycles. The third-order valence-corrected chi connectivity index (χ3v) is 3.18. The van der Waals surface area contributed by atoms with Crippen molar-refractivity contribution in [2.45, 2.75) is 52.9 Å². The van der Waals surface area contributed by atoms with Crippen LogP contribution in [0.1, 0.15) is 52.0 Å². The van der Waals surface area contributed by atoms with E-state index in [0.29, 0.717) is 25.9 Å². The number of Topliss-reactive ketones (excluding diaryl/α,β-unsaturated/α-hetero) is 1. The van der Waals surface area contributed by atoms with E-state index in [9.17, 15) is 13.6 Å². The molecule has 4 heteroatoms. The van der Waals surface area contributed by atoms with Crippen LogP contribution < -0.4 is 4.74 Å². The van der Waals surface area contributed by atoms with Crippen molar-refractivity contribution in [3.05, 3.63) is 29.3 Å². The highest BCUT2D eigenvalue weighted by atomic mass is 19.1. The summed E-state index contributed by atoms with van der Waals surface area (Å²) in [4.78, 5) is 10.8. The van der Waals surface area contributed by atoms with Crippen LogP contribution in [0.4, 0.5) is 8.78 Å². The lowest BCUT2D eigenvalue weighted by Gasteiger charge is -2.12. The lowest BCUT2D eigenvalue weighted by molar-refractivity contribution is -0.117. The van der Waals surface area contributed by atoms with Gasteiger partial charge in [0, 0.05) is 12.0 Å². The quantitative estimate of drug-likeness (QED) is 0.618. The monoisotopic (exact) mass is 298 g/mol. The second-order valence-corrected chi connectivity index (χ2v) is 5.81. The van der Waals surface area contributed by atoms with Gasteiger partial charge in [-0.05, 0) is 44.2 Å². The molecule has 1 rings (SSSR count). The zero-order chi connectivity index (χ0) is 15.8. The molecule has 0 heterocycles. The number of carbonyl (C=O) groups excluding carboxylic acids is 1. The molecule has 0 atom stereocenters. The number of unbranched alkanes of at least 4 members (excludes halogenated alkanes) is 2. The van der Waals surface area contributed by atoms with Gasteiger partial charge in [-0.3, -0.25) is 0 Å². The molecule has 0 fully saturated rings. The van der Waals surface area contributed by atoms with E-state index in [1.807, 2.05) is 13.8 Å². The number of ether oxygens (including phenoxy) is 1. The molecule has 21 heavy (non-hydrogen) atoms. The molecule has 0 saturated carbocycles. The van der Waals surface area contributed by atoms with Crippen molar-refractivity contribution in [1.82, 2.24) is 0 Å². The molecule has 0 unspecified atom stereocenters. The second kappa shape index (κ2) is 8.75. The van der Waals surface area contributed by atoms with E-state index in [1.165, 1.54) is 12.1 Å². The minimum atomic E-state index is -0.595. The van der Waals surface area contributed by atoms with Crippen LogP contribution in [0.2, 0.25) is 0 Å². The van der Waals surface area contributed by atoms with Gasteiger partial charge in [-0.1, -0.05) is 20.3 Å². The largest absolute Gasteiger partial charge is 0.490 e. The van der Waals surface area contributed by atoms with Crippen LogP contribution in [0, 0.1) is 17.6 Å². The van der Waals surface area contributed by atoms with Gasteiger partial charge < -0.3 is 9.53 Å². The van der Waals surface area contributed by atoms with Crippen molar-refractivity contribution in [3.8, 4) is 5.75 Å². The lowest BCUT2D eigenvalue weighted by Crippen LogP contribution is -2.07. The van der Waals surface area contributed by atoms with Gasteiger partial charge in [-0.2, -0.15) is 0 Å². The molecule has 0 radical (unpaired) electrons. The van der Waals surface area contributed by atoms with Crippen molar-refractivity contribution in [3.63, 3.8) is 0 Å². The van der Waals surface area contributed by atoms with E-state index in [0.717, 1.165) is 12.8 Å². The summed E-state index contributed by atoms with van der Waals surface area (Å²) in [5.41, 5.74) is 0.0825. The van der Waals surface area contributed by atoms with Gasteiger partial charge in [0.2, 0.25) is 0 Å². The first kappa shape index (κ1) is 17.6. The van der Waals surface area contributed by atoms with E-state index < -0.39 is 11.6 Å². The molecule has 0 amide bonds. The van der Waals surface area contributed by atoms with E-state index in [1.54, 1.807) is 6.92 Å². The molecule has 1 aromatic rings. The first-order valence-electron chi connectivity index (χ1n) is 7.51. The molecule has 1 aromatic carbocycles. The lowest BCUT2D eigenvalue weighted by atomic mass is 10.0. The van der Waals surface area contributed by atoms with Gasteiger partial charge in [0.15, 0.2) is 11.6 Å². The highest BCUT2D eigenvalue weighted by Crippen LogP contribution is 2.25. The topological polar surface area (TPSA) is 26.3 Å². The van der Waals surface area contributed by atoms with Crippen LogP contribution in [-0.2, 0) is 11.2 Å². The number of carbonyl (C=O) groups is 1. The van der Waals surface area contributed by atoms with Crippen LogP contribution >= 0.6 is 0 Å². The van der Waals surface area contributed by atoms with Crippen molar-refractivity contribution in [2.24, 2.45) is 5.92 Å². The summed E-state index contributed by atoms with van der Waals surface area (Å²) in [7, 11) is 0. The molecule has 0 aliphatic heterocycles. The van der Waals surface area contributed by atoms with Gasteiger partial charge in [0.1, 0.15) is 11.6 Å². The zero-order valence-corrected chi connectivity index (χ0v) is 13.0. The number of hydrogen-bond donors (Lipinski definition) is 0. The zero-order valence-electron chi connectivity index (χ0n) is 13.0. The first-order valence-corrected chi connectivity index (χ1v) is 7.51. The van der Waals surface area contributed by atoms with Gasteiger partial charge in [-0.25, -0.2) is 8.78 Å². The van der Waals surface area contributed by atoms with Crippen LogP contribution in [0.15, 0.2) is 12.1 Å². The highest BCUT2D eigenvalue weighted by molar-refractivity contribution is 5.75. The summed E-state index contributed by atoms with van der Waals surface area (Å²) in [6.07, 6.45) is 3.07. The van der Waals surface area contributed by atoms with E-state index in [2.05, 4.69) is 0 Å². The number of ketones is 1. The van der Waals surface area contributed by atoms with Crippen molar-refractivity contribution in [1.29, 1.82) is 0 Å². The van der Waals surface area contributed by atoms with E-state index >= 15 is 0 Å². The number of benzene rings is 1. The molecule has 0 aromatic heterocycles. The van der Waals surface area contributed by atoms with Crippen LogP contribution in [0.3, 0.4) is 0 Å². The fourth-order valence-electron chi connectivity index (χ4n) is 2.03. The fraction of sp³-hybridized carbons (Fsp3) is 0.588. The molecule has 0 aliphatic carbocycles. The van der Waals surface area contributed by atoms with E-state index in [-0.39, 0.29) is 23.0 Å². The van der Waals surface area contributed by atoms with Crippen molar-refractivity contribution in [2.75, 3.05) is 6.61 Å². The molecule has 0 spiro atoms. The predicted molar refractivity (Wildman–Crippen MR) is 79.5 cm³/mol. The van der Waals surface area contributed by atoms with E-state index in [4.69, 9.17) is 4.74 Å². The van der Waals surface area contributed by atoms with Gasteiger partial charge in [-0.15, -0.1) is 0 Å². The summed E-state index contributed by atoms with van der Waals surface area (Å²) in [6.45, 7) is 5.89. The van der Waals surface area contributed by atoms with Gasteiger partial charge in [0.25, 0.3) is 0 Å². The summed E-state index contributed by atoms with van der Waals surface area (Å²) in [5, 5.41) is 0. The van der Waals surface area contributed by atoms with Crippen LogP contribution in [-0.4, -0.2) is 12.4 Å². The third kappa shape index (κ3) is 6.23. The average molecular weight is 298 g/mol. The molecule has 118 valence electrons. The molecular formula is C17H24F2O2. The normalized spacial score (nSPS) is 11.0. The molecule has 0 aliphatic rings. The molecule has 2 nitrogen and oxygen atoms in total. The minimum Gasteiger partial charge on any atom is -0.490 e. The number of halogens is 2. The summed E-state index contributed by atoms with van der Waals surface area (Å²) >= 11 is 0. The number of hydrogen-bond acceptors (Lipinski definition) is 2. The third-order valence-electron chi connectivity index (χ3n) is 3.18. The predicted octanol–water partition coefficient (Wildman–Crippen LogP) is 4.69. The summed E-state index contributed by atoms with van der Waals surface area (Å²) in [6, 6.07) is 2.59. The Kier molecular flexibility index (Phi) is 7.34. The van der Waals surface area contributed by atoms with Gasteiger partial charge >= 0.3 is 0 Å². The van der Waals surface area contributed by atoms with Crippen molar-refractivity contribution >= 4 is 5.78 Å². The Morgan fingerprint density at radius 2 is 1.90 bits per heavy atom. The molecule has 0 bridgehead atoms. The SMILES string of the molecule is CC(=O)CCCCCc1c(F)ccc(OCC(C)C)c1F. The Hall–Kier alpha value is -1.45. The van der Waals surface area contributed by atoms with Crippen LogP contribution in [0.5, 0.6) is 5.75 Å². The molecule has 0 N–H and O–H groups in total. The average Bonchev–Trinajstić information content (AvgIpc) is 2.40. The minimum absolute atomic E-state index is 0.0825. The maximum absolute atomic E-state index is 14.2. The Balaban J connectivity index is 2.59. The number of rotatable bonds is 9. The fourth-order valence-corrected chi connectivity index (χ4v) is 2.03. The second-order valence-electron chi connectivity index (χ2n) is 5.81. The molecular weight excluding hydrogens is 274 g/mol. The Labute approximate surface area is 125 Å². The summed E-state index contributed by atoms with van der Waals surface area (Å²) in [5.74, 6) is -0.581. The highest BCUT2D eigenvalue weighted by Gasteiger charge is 2.14. The van der Waals surface area contributed by atoms with Crippen molar-refractivity contribution < 1.29 is 18.3 Å². The smallest absolute Gasteiger partial charge is 0.171 e. The van der Waals surface area contributed by atoms with Gasteiger partial charge in [0.05, 0.1) is 6.61 Å². The maximum atomic E-state index is 14.2. The van der Waals surface area contributed by atoms with Crippen LogP contribution in [0.25, 0.3) is 0 Å².